The topological polar surface area (TPSA) is 71.1 Å². The second kappa shape index (κ2) is 5.32. The minimum atomic E-state index is -3.21. The molecule has 0 unspecified atom stereocenters. The summed E-state index contributed by atoms with van der Waals surface area (Å²) in [6, 6.07) is 5.50. The molecule has 0 spiro atoms. The van der Waals surface area contributed by atoms with Crippen LogP contribution in [0.25, 0.3) is 0 Å². The molecule has 1 rings (SSSR count). The van der Waals surface area contributed by atoms with E-state index in [0.717, 1.165) is 10.9 Å². The fraction of sp³-hybridized carbons (Fsp3) is 0.500. The Morgan fingerprint density at radius 3 is 2.59 bits per heavy atom. The maximum atomic E-state index is 11.2. The van der Waals surface area contributed by atoms with E-state index in [2.05, 4.69) is 31.0 Å². The Kier molecular flexibility index (Phi) is 4.51. The lowest BCUT2D eigenvalue weighted by Gasteiger charge is -2.25. The van der Waals surface area contributed by atoms with E-state index in [1.54, 1.807) is 13.8 Å². The number of nitrogens with zero attached hydrogens (tertiary/aromatic N) is 1. The standard InChI is InChI=1S/C10H16BrN3O2S/c1-10(2,14-17(3,15)16)7-12-9-6-4-5-8(11)13-9/h4-6,14H,7H2,1-3H3,(H,12,13). The maximum Gasteiger partial charge on any atom is 0.209 e. The number of hydrogen-bond donors (Lipinski definition) is 2. The zero-order valence-corrected chi connectivity index (χ0v) is 12.4. The minimum Gasteiger partial charge on any atom is -0.368 e. The Morgan fingerprint density at radius 1 is 1.41 bits per heavy atom. The number of rotatable bonds is 5. The summed E-state index contributed by atoms with van der Waals surface area (Å²) in [5.41, 5.74) is -0.572. The van der Waals surface area contributed by atoms with Crippen LogP contribution in [0.4, 0.5) is 5.82 Å². The molecular formula is C10H16BrN3O2S. The average Bonchev–Trinajstić information content (AvgIpc) is 2.11. The Hall–Kier alpha value is -0.660. The molecule has 0 saturated carbocycles. The lowest BCUT2D eigenvalue weighted by atomic mass is 10.1. The molecule has 96 valence electrons. The van der Waals surface area contributed by atoms with Crippen molar-refractivity contribution < 1.29 is 8.42 Å². The van der Waals surface area contributed by atoms with Crippen LogP contribution in [-0.4, -0.2) is 31.7 Å². The zero-order chi connectivity index (χ0) is 13.1. The van der Waals surface area contributed by atoms with Gasteiger partial charge in [0.2, 0.25) is 10.0 Å². The van der Waals surface area contributed by atoms with Crippen molar-refractivity contribution in [2.75, 3.05) is 18.1 Å². The third-order valence-corrected chi connectivity index (χ3v) is 3.25. The molecule has 0 bridgehead atoms. The van der Waals surface area contributed by atoms with Crippen molar-refractivity contribution in [3.05, 3.63) is 22.8 Å². The first-order valence-corrected chi connectivity index (χ1v) is 7.72. The summed E-state index contributed by atoms with van der Waals surface area (Å²) >= 11 is 3.27. The van der Waals surface area contributed by atoms with Gasteiger partial charge in [-0.25, -0.2) is 18.1 Å². The molecule has 0 aliphatic rings. The minimum absolute atomic E-state index is 0.448. The first kappa shape index (κ1) is 14.4. The summed E-state index contributed by atoms with van der Waals surface area (Å²) in [6.07, 6.45) is 1.14. The van der Waals surface area contributed by atoms with Gasteiger partial charge in [0.05, 0.1) is 6.26 Å². The van der Waals surface area contributed by atoms with Gasteiger partial charge in [0.25, 0.3) is 0 Å². The molecule has 7 heteroatoms. The normalized spacial score (nSPS) is 12.5. The molecule has 0 aromatic carbocycles. The van der Waals surface area contributed by atoms with Crippen LogP contribution < -0.4 is 10.0 Å². The van der Waals surface area contributed by atoms with E-state index in [4.69, 9.17) is 0 Å². The lowest BCUT2D eigenvalue weighted by Crippen LogP contribution is -2.47. The zero-order valence-electron chi connectivity index (χ0n) is 9.99. The lowest BCUT2D eigenvalue weighted by molar-refractivity contribution is 0.476. The van der Waals surface area contributed by atoms with Gasteiger partial charge in [-0.2, -0.15) is 0 Å². The van der Waals surface area contributed by atoms with Crippen molar-refractivity contribution in [2.45, 2.75) is 19.4 Å². The summed E-state index contributed by atoms with van der Waals surface area (Å²) in [4.78, 5) is 4.20. The average molecular weight is 322 g/mol. The van der Waals surface area contributed by atoms with Gasteiger partial charge in [0.15, 0.2) is 0 Å². The number of aromatic nitrogens is 1. The number of halogens is 1. The molecule has 2 N–H and O–H groups in total. The van der Waals surface area contributed by atoms with Gasteiger partial charge in [-0.1, -0.05) is 6.07 Å². The molecule has 0 aliphatic heterocycles. The number of hydrogen-bond acceptors (Lipinski definition) is 4. The van der Waals surface area contributed by atoms with E-state index in [1.807, 2.05) is 18.2 Å². The highest BCUT2D eigenvalue weighted by atomic mass is 79.9. The van der Waals surface area contributed by atoms with Crippen molar-refractivity contribution in [3.63, 3.8) is 0 Å². The van der Waals surface area contributed by atoms with E-state index >= 15 is 0 Å². The highest BCUT2D eigenvalue weighted by Gasteiger charge is 2.21. The highest BCUT2D eigenvalue weighted by molar-refractivity contribution is 9.10. The SMILES string of the molecule is CC(C)(CNc1cccc(Br)n1)NS(C)(=O)=O. The third kappa shape index (κ3) is 5.99. The first-order valence-electron chi connectivity index (χ1n) is 5.03. The number of pyridine rings is 1. The van der Waals surface area contributed by atoms with Crippen LogP contribution >= 0.6 is 15.9 Å². The van der Waals surface area contributed by atoms with Crippen LogP contribution in [-0.2, 0) is 10.0 Å². The molecule has 1 aromatic rings. The molecule has 1 heterocycles. The molecule has 0 atom stereocenters. The van der Waals surface area contributed by atoms with Crippen molar-refractivity contribution in [1.82, 2.24) is 9.71 Å². The van der Waals surface area contributed by atoms with Crippen LogP contribution in [0.5, 0.6) is 0 Å². The summed E-state index contributed by atoms with van der Waals surface area (Å²) < 4.78 is 25.6. The number of sulfonamides is 1. The van der Waals surface area contributed by atoms with Gasteiger partial charge < -0.3 is 5.32 Å². The molecule has 0 radical (unpaired) electrons. The van der Waals surface area contributed by atoms with Crippen molar-refractivity contribution in [1.29, 1.82) is 0 Å². The Labute approximate surface area is 110 Å². The van der Waals surface area contributed by atoms with Crippen LogP contribution in [0.2, 0.25) is 0 Å². The van der Waals surface area contributed by atoms with E-state index < -0.39 is 15.6 Å². The number of anilines is 1. The van der Waals surface area contributed by atoms with Crippen molar-refractivity contribution in [2.24, 2.45) is 0 Å². The Bertz CT molecular complexity index is 488. The second-order valence-electron chi connectivity index (χ2n) is 4.46. The largest absolute Gasteiger partial charge is 0.368 e. The summed E-state index contributed by atoms with van der Waals surface area (Å²) in [6.45, 7) is 4.06. The monoisotopic (exact) mass is 321 g/mol. The van der Waals surface area contributed by atoms with Crippen LogP contribution in [0.15, 0.2) is 22.8 Å². The van der Waals surface area contributed by atoms with Crippen LogP contribution in [0.3, 0.4) is 0 Å². The Morgan fingerprint density at radius 2 is 2.06 bits per heavy atom. The van der Waals surface area contributed by atoms with Gasteiger partial charge in [-0.15, -0.1) is 0 Å². The second-order valence-corrected chi connectivity index (χ2v) is 7.02. The highest BCUT2D eigenvalue weighted by Crippen LogP contribution is 2.12. The third-order valence-electron chi connectivity index (χ3n) is 1.89. The van der Waals surface area contributed by atoms with E-state index in [-0.39, 0.29) is 0 Å². The van der Waals surface area contributed by atoms with E-state index in [9.17, 15) is 8.42 Å². The smallest absolute Gasteiger partial charge is 0.209 e. The van der Waals surface area contributed by atoms with Gasteiger partial charge in [0.1, 0.15) is 10.4 Å². The molecule has 0 aliphatic carbocycles. The fourth-order valence-corrected chi connectivity index (χ4v) is 2.78. The molecule has 0 fully saturated rings. The van der Waals surface area contributed by atoms with E-state index in [1.165, 1.54) is 0 Å². The molecule has 0 saturated heterocycles. The van der Waals surface area contributed by atoms with Crippen molar-refractivity contribution >= 4 is 31.8 Å². The predicted molar refractivity (Wildman–Crippen MR) is 72.5 cm³/mol. The predicted octanol–water partition coefficient (Wildman–Crippen LogP) is 1.58. The molecule has 5 nitrogen and oxygen atoms in total. The van der Waals surface area contributed by atoms with Crippen LogP contribution in [0.1, 0.15) is 13.8 Å². The molecule has 1 aromatic heterocycles. The summed E-state index contributed by atoms with van der Waals surface area (Å²) in [7, 11) is -3.21. The fourth-order valence-electron chi connectivity index (χ4n) is 1.36. The van der Waals surface area contributed by atoms with Gasteiger partial charge >= 0.3 is 0 Å². The van der Waals surface area contributed by atoms with Gasteiger partial charge in [-0.05, 0) is 41.9 Å². The Balaban J connectivity index is 2.61. The molecular weight excluding hydrogens is 306 g/mol. The van der Waals surface area contributed by atoms with Gasteiger partial charge in [0, 0.05) is 12.1 Å². The summed E-state index contributed by atoms with van der Waals surface area (Å²) in [5, 5.41) is 3.08. The molecule has 0 amide bonds. The van der Waals surface area contributed by atoms with E-state index in [0.29, 0.717) is 12.4 Å². The summed E-state index contributed by atoms with van der Waals surface area (Å²) in [5.74, 6) is 0.697. The van der Waals surface area contributed by atoms with Gasteiger partial charge in [-0.3, -0.25) is 0 Å². The number of nitrogens with one attached hydrogen (secondary N) is 2. The maximum absolute atomic E-state index is 11.2. The quantitative estimate of drug-likeness (QED) is 0.808. The first-order chi connectivity index (χ1) is 7.68. The van der Waals surface area contributed by atoms with Crippen LogP contribution in [0, 0.1) is 0 Å². The van der Waals surface area contributed by atoms with Crippen molar-refractivity contribution in [3.8, 4) is 0 Å². The molecule has 17 heavy (non-hydrogen) atoms.